The Labute approximate surface area is 174 Å². The van der Waals surface area contributed by atoms with Crippen molar-refractivity contribution in [1.29, 1.82) is 0 Å². The van der Waals surface area contributed by atoms with Crippen LogP contribution in [0.1, 0.15) is 43.2 Å². The molecule has 0 aromatic heterocycles. The first kappa shape index (κ1) is 20.8. The van der Waals surface area contributed by atoms with Crippen molar-refractivity contribution in [2.24, 2.45) is 0 Å². The number of likely N-dealkylation sites (tertiary alicyclic amines) is 2. The van der Waals surface area contributed by atoms with E-state index < -0.39 is 9.84 Å². The van der Waals surface area contributed by atoms with Crippen molar-refractivity contribution in [3.63, 3.8) is 0 Å². The fourth-order valence-corrected chi connectivity index (χ4v) is 5.68. The molecule has 0 bridgehead atoms. The topological polar surface area (TPSA) is 60.9 Å². The minimum Gasteiger partial charge on any atom is -0.341 e. The van der Waals surface area contributed by atoms with E-state index in [1.807, 2.05) is 11.0 Å². The molecule has 1 aromatic rings. The summed E-state index contributed by atoms with van der Waals surface area (Å²) in [5, 5.41) is 0. The van der Waals surface area contributed by atoms with E-state index in [2.05, 4.69) is 9.80 Å². The molecular formula is C22H33N3O3S. The van der Waals surface area contributed by atoms with Crippen LogP contribution in [-0.4, -0.2) is 80.6 Å². The number of amides is 1. The quantitative estimate of drug-likeness (QED) is 0.746. The van der Waals surface area contributed by atoms with Crippen LogP contribution in [0, 0.1) is 0 Å². The fourth-order valence-electron chi connectivity index (χ4n) is 5.01. The van der Waals surface area contributed by atoms with Crippen molar-refractivity contribution >= 4 is 15.7 Å². The third-order valence-electron chi connectivity index (χ3n) is 6.78. The lowest BCUT2D eigenvalue weighted by Crippen LogP contribution is -2.50. The average molecular weight is 420 g/mol. The van der Waals surface area contributed by atoms with Crippen molar-refractivity contribution < 1.29 is 13.2 Å². The van der Waals surface area contributed by atoms with Gasteiger partial charge in [-0.3, -0.25) is 9.69 Å². The highest BCUT2D eigenvalue weighted by molar-refractivity contribution is 7.90. The zero-order valence-corrected chi connectivity index (χ0v) is 18.3. The van der Waals surface area contributed by atoms with Crippen LogP contribution in [0.4, 0.5) is 0 Å². The van der Waals surface area contributed by atoms with Crippen molar-refractivity contribution in [2.75, 3.05) is 45.5 Å². The van der Waals surface area contributed by atoms with Gasteiger partial charge in [0.25, 0.3) is 0 Å². The largest absolute Gasteiger partial charge is 0.341 e. The molecule has 160 valence electrons. The molecule has 0 aliphatic carbocycles. The van der Waals surface area contributed by atoms with Crippen LogP contribution >= 0.6 is 0 Å². The van der Waals surface area contributed by atoms with Gasteiger partial charge in [0, 0.05) is 38.5 Å². The first-order chi connectivity index (χ1) is 13.9. The summed E-state index contributed by atoms with van der Waals surface area (Å²) in [5.41, 5.74) is 2.24. The van der Waals surface area contributed by atoms with Gasteiger partial charge in [0.1, 0.15) is 0 Å². The third-order valence-corrected chi connectivity index (χ3v) is 7.89. The number of piperidine rings is 2. The highest BCUT2D eigenvalue weighted by Gasteiger charge is 2.29. The molecule has 0 atom stereocenters. The zero-order valence-electron chi connectivity index (χ0n) is 17.5. The van der Waals surface area contributed by atoms with Crippen LogP contribution < -0.4 is 0 Å². The highest BCUT2D eigenvalue weighted by atomic mass is 32.2. The van der Waals surface area contributed by atoms with Gasteiger partial charge in [-0.05, 0) is 68.5 Å². The zero-order chi connectivity index (χ0) is 20.4. The van der Waals surface area contributed by atoms with E-state index in [9.17, 15) is 13.2 Å². The van der Waals surface area contributed by atoms with E-state index in [0.29, 0.717) is 17.5 Å². The molecular weight excluding hydrogens is 386 g/mol. The maximum Gasteiger partial charge on any atom is 0.236 e. The third kappa shape index (κ3) is 5.01. The van der Waals surface area contributed by atoms with Gasteiger partial charge < -0.3 is 9.80 Å². The second-order valence-corrected chi connectivity index (χ2v) is 10.9. The fraction of sp³-hybridized carbons (Fsp3) is 0.682. The Bertz CT molecular complexity index is 841. The van der Waals surface area contributed by atoms with Gasteiger partial charge in [0.2, 0.25) is 5.91 Å². The van der Waals surface area contributed by atoms with Crippen LogP contribution in [-0.2, 0) is 27.6 Å². The van der Waals surface area contributed by atoms with E-state index in [0.717, 1.165) is 56.6 Å². The van der Waals surface area contributed by atoms with Gasteiger partial charge in [-0.15, -0.1) is 0 Å². The molecule has 7 heteroatoms. The number of carbonyl (C=O) groups is 1. The molecule has 29 heavy (non-hydrogen) atoms. The first-order valence-corrected chi connectivity index (χ1v) is 12.9. The SMILES string of the molecule is CS(=O)(=O)c1ccc2c(c1)CCN(CC(=O)N1CCC(N3CCCCC3)CC1)C2. The standard InChI is InChI=1S/C22H33N3O3S/c1-29(27,28)21-6-5-19-16-23(12-7-18(19)15-21)17-22(26)25-13-8-20(9-14-25)24-10-3-2-4-11-24/h5-6,15,20H,2-4,7-14,16-17H2,1H3. The van der Waals surface area contributed by atoms with Crippen LogP contribution in [0.3, 0.4) is 0 Å². The summed E-state index contributed by atoms with van der Waals surface area (Å²) in [6.07, 6.45) is 8.25. The van der Waals surface area contributed by atoms with Gasteiger partial charge in [0.15, 0.2) is 9.84 Å². The van der Waals surface area contributed by atoms with Crippen molar-refractivity contribution in [3.05, 3.63) is 29.3 Å². The van der Waals surface area contributed by atoms with E-state index in [4.69, 9.17) is 0 Å². The molecule has 4 rings (SSSR count). The van der Waals surface area contributed by atoms with E-state index in [1.54, 1.807) is 12.1 Å². The molecule has 6 nitrogen and oxygen atoms in total. The Kier molecular flexibility index (Phi) is 6.27. The summed E-state index contributed by atoms with van der Waals surface area (Å²) in [5.74, 6) is 0.235. The van der Waals surface area contributed by atoms with Crippen LogP contribution in [0.25, 0.3) is 0 Å². The maximum absolute atomic E-state index is 12.8. The Morgan fingerprint density at radius 2 is 1.72 bits per heavy atom. The monoisotopic (exact) mass is 419 g/mol. The first-order valence-electron chi connectivity index (χ1n) is 11.0. The van der Waals surface area contributed by atoms with Crippen LogP contribution in [0.2, 0.25) is 0 Å². The number of nitrogens with zero attached hydrogens (tertiary/aromatic N) is 3. The van der Waals surface area contributed by atoms with E-state index in [1.165, 1.54) is 38.6 Å². The molecule has 0 unspecified atom stereocenters. The number of fused-ring (bicyclic) bond motifs is 1. The lowest BCUT2D eigenvalue weighted by atomic mass is 9.99. The van der Waals surface area contributed by atoms with E-state index >= 15 is 0 Å². The van der Waals surface area contributed by atoms with Crippen molar-refractivity contribution in [2.45, 2.75) is 56.0 Å². The predicted octanol–water partition coefficient (Wildman–Crippen LogP) is 1.93. The Morgan fingerprint density at radius 1 is 1.00 bits per heavy atom. The molecule has 0 spiro atoms. The second-order valence-electron chi connectivity index (χ2n) is 8.87. The minimum absolute atomic E-state index is 0.235. The van der Waals surface area contributed by atoms with Crippen LogP contribution in [0.5, 0.6) is 0 Å². The second kappa shape index (κ2) is 8.74. The minimum atomic E-state index is -3.17. The summed E-state index contributed by atoms with van der Waals surface area (Å²) in [6.45, 7) is 6.19. The van der Waals surface area contributed by atoms with Gasteiger partial charge in [-0.2, -0.15) is 0 Å². The predicted molar refractivity (Wildman–Crippen MR) is 114 cm³/mol. The normalized spacial score (nSPS) is 22.4. The lowest BCUT2D eigenvalue weighted by Gasteiger charge is -2.40. The Balaban J connectivity index is 1.29. The smallest absolute Gasteiger partial charge is 0.236 e. The van der Waals surface area contributed by atoms with Crippen molar-refractivity contribution in [1.82, 2.24) is 14.7 Å². The summed E-state index contributed by atoms with van der Waals surface area (Å²) in [6, 6.07) is 6.05. The highest BCUT2D eigenvalue weighted by Crippen LogP contribution is 2.24. The molecule has 2 saturated heterocycles. The molecule has 1 aromatic carbocycles. The molecule has 0 saturated carbocycles. The molecule has 3 aliphatic rings. The van der Waals surface area contributed by atoms with Gasteiger partial charge >= 0.3 is 0 Å². The average Bonchev–Trinajstić information content (AvgIpc) is 2.73. The Morgan fingerprint density at radius 3 is 2.41 bits per heavy atom. The number of hydrogen-bond donors (Lipinski definition) is 0. The summed E-state index contributed by atoms with van der Waals surface area (Å²) in [4.78, 5) is 20.1. The number of hydrogen-bond acceptors (Lipinski definition) is 5. The molecule has 3 aliphatic heterocycles. The Hall–Kier alpha value is -1.44. The number of benzene rings is 1. The van der Waals surface area contributed by atoms with E-state index in [-0.39, 0.29) is 5.91 Å². The maximum atomic E-state index is 12.8. The molecule has 3 heterocycles. The van der Waals surface area contributed by atoms with Gasteiger partial charge in [-0.1, -0.05) is 12.5 Å². The lowest BCUT2D eigenvalue weighted by molar-refractivity contribution is -0.134. The molecule has 0 N–H and O–H groups in total. The summed E-state index contributed by atoms with van der Waals surface area (Å²) >= 11 is 0. The molecule has 1 amide bonds. The molecule has 0 radical (unpaired) electrons. The number of sulfone groups is 1. The number of carbonyl (C=O) groups excluding carboxylic acids is 1. The van der Waals surface area contributed by atoms with Gasteiger partial charge in [-0.25, -0.2) is 8.42 Å². The van der Waals surface area contributed by atoms with Crippen molar-refractivity contribution in [3.8, 4) is 0 Å². The summed E-state index contributed by atoms with van der Waals surface area (Å²) in [7, 11) is -3.17. The van der Waals surface area contributed by atoms with Gasteiger partial charge in [0.05, 0.1) is 11.4 Å². The molecule has 2 fully saturated rings. The van der Waals surface area contributed by atoms with Crippen LogP contribution in [0.15, 0.2) is 23.1 Å². The number of rotatable bonds is 4. The summed E-state index contributed by atoms with van der Waals surface area (Å²) < 4.78 is 23.5.